The minimum atomic E-state index is -0.959. The van der Waals surface area contributed by atoms with E-state index in [1.165, 1.54) is 26.1 Å². The molecule has 0 radical (unpaired) electrons. The number of Topliss-reactive ketones (excluding diaryl/α,β-unsaturated/α-hetero) is 3. The summed E-state index contributed by atoms with van der Waals surface area (Å²) in [6.45, 7) is 19.0. The highest BCUT2D eigenvalue weighted by atomic mass is 16.6. The third-order valence-corrected chi connectivity index (χ3v) is 17.6. The number of hydrogen-bond donors (Lipinski definition) is 6. The van der Waals surface area contributed by atoms with Gasteiger partial charge in [-0.2, -0.15) is 0 Å². The summed E-state index contributed by atoms with van der Waals surface area (Å²) in [5, 5.41) is 21.6. The number of nitrogens with zero attached hydrogens (tertiary/aromatic N) is 3. The number of nitrogens with two attached hydrogens (primary N) is 1. The van der Waals surface area contributed by atoms with Crippen molar-refractivity contribution in [2.24, 2.45) is 53.1 Å². The number of aliphatic hydroxyl groups excluding tert-OH is 1. The highest BCUT2D eigenvalue weighted by Crippen LogP contribution is 2.33. The van der Waals surface area contributed by atoms with E-state index in [1.54, 1.807) is 62.1 Å². The molecule has 1 heterocycles. The fourth-order valence-electron chi connectivity index (χ4n) is 12.1. The number of nitrogens with one attached hydrogen (secondary N) is 4. The van der Waals surface area contributed by atoms with Crippen molar-refractivity contribution in [2.45, 2.75) is 203 Å². The second kappa shape index (κ2) is 39.5. The maximum absolute atomic E-state index is 14.9. The van der Waals surface area contributed by atoms with Crippen molar-refractivity contribution in [1.82, 2.24) is 30.7 Å². The van der Waals surface area contributed by atoms with Crippen LogP contribution in [0.4, 0.5) is 15.3 Å². The lowest BCUT2D eigenvalue weighted by Crippen LogP contribution is -2.54. The summed E-state index contributed by atoms with van der Waals surface area (Å²) in [5.41, 5.74) is 6.93. The van der Waals surface area contributed by atoms with Gasteiger partial charge in [0.25, 0.3) is 0 Å². The van der Waals surface area contributed by atoms with Crippen molar-refractivity contribution in [2.75, 3.05) is 53.8 Å². The van der Waals surface area contributed by atoms with Crippen LogP contribution in [0.1, 0.15) is 171 Å². The van der Waals surface area contributed by atoms with E-state index >= 15 is 0 Å². The maximum Gasteiger partial charge on any atom is 0.410 e. The van der Waals surface area contributed by atoms with Gasteiger partial charge in [0.1, 0.15) is 12.4 Å². The molecule has 0 spiro atoms. The van der Waals surface area contributed by atoms with Crippen LogP contribution in [0, 0.1) is 47.3 Å². The van der Waals surface area contributed by atoms with Gasteiger partial charge < -0.3 is 61.0 Å². The molecule has 0 unspecified atom stereocenters. The number of primary amides is 1. The lowest BCUT2D eigenvalue weighted by atomic mass is 9.83. The summed E-state index contributed by atoms with van der Waals surface area (Å²) in [5.74, 6) is -5.95. The first-order valence-electron chi connectivity index (χ1n) is 31.8. The third-order valence-electron chi connectivity index (χ3n) is 17.6. The molecule has 0 aromatic heterocycles. The average Bonchev–Trinajstić information content (AvgIpc) is 1.50. The van der Waals surface area contributed by atoms with E-state index in [2.05, 4.69) is 21.3 Å². The largest absolute Gasteiger partial charge is 0.445 e. The van der Waals surface area contributed by atoms with Crippen molar-refractivity contribution < 1.29 is 67.3 Å². The predicted molar refractivity (Wildman–Crippen MR) is 347 cm³/mol. The summed E-state index contributed by atoms with van der Waals surface area (Å²) in [7, 11) is 7.75. The van der Waals surface area contributed by atoms with E-state index in [-0.39, 0.29) is 142 Å². The number of ketones is 3. The van der Waals surface area contributed by atoms with Gasteiger partial charge in [-0.3, -0.25) is 38.4 Å². The normalized spacial score (nSPS) is 16.8. The number of benzene rings is 2. The summed E-state index contributed by atoms with van der Waals surface area (Å²) < 4.78 is 17.8. The molecule has 3 rings (SSSR count). The van der Waals surface area contributed by atoms with Crippen LogP contribution in [-0.2, 0) is 59.2 Å². The van der Waals surface area contributed by atoms with Crippen LogP contribution in [0.15, 0.2) is 54.6 Å². The van der Waals surface area contributed by atoms with Crippen molar-refractivity contribution in [3.8, 4) is 0 Å². The van der Waals surface area contributed by atoms with Gasteiger partial charge in [-0.15, -0.1) is 0 Å². The van der Waals surface area contributed by atoms with Gasteiger partial charge >= 0.3 is 12.1 Å². The van der Waals surface area contributed by atoms with Crippen LogP contribution >= 0.6 is 0 Å². The van der Waals surface area contributed by atoms with Gasteiger partial charge in [0.05, 0.1) is 48.9 Å². The molecule has 1 saturated heterocycles. The van der Waals surface area contributed by atoms with Crippen molar-refractivity contribution >= 4 is 64.7 Å². The number of rotatable bonds is 39. The molecule has 22 heteroatoms. The Kier molecular flexibility index (Phi) is 34.8. The van der Waals surface area contributed by atoms with Gasteiger partial charge in [0.2, 0.25) is 29.5 Å². The number of urea groups is 1. The van der Waals surface area contributed by atoms with Crippen LogP contribution in [0.5, 0.6) is 0 Å². The summed E-state index contributed by atoms with van der Waals surface area (Å²) >= 11 is 0. The van der Waals surface area contributed by atoms with E-state index in [9.17, 15) is 53.1 Å². The molecule has 0 saturated carbocycles. The summed E-state index contributed by atoms with van der Waals surface area (Å²) in [6, 6.07) is 12.2. The fraction of sp³-hybridized carbons (Fsp3) is 0.676. The minimum Gasteiger partial charge on any atom is -0.445 e. The Morgan fingerprint density at radius 1 is 0.733 bits per heavy atom. The first-order chi connectivity index (χ1) is 42.0. The quantitative estimate of drug-likeness (QED) is 0.0343. The molecule has 1 aliphatic rings. The molecule has 8 amide bonds. The van der Waals surface area contributed by atoms with E-state index in [1.807, 2.05) is 85.7 Å². The number of amides is 8. The number of anilines is 1. The Bertz CT molecular complexity index is 2620. The molecule has 0 aliphatic carbocycles. The summed E-state index contributed by atoms with van der Waals surface area (Å²) in [4.78, 5) is 139. The Balaban J connectivity index is 0.0000276. The molecule has 22 nitrogen and oxygen atoms in total. The minimum absolute atomic E-state index is 0. The summed E-state index contributed by atoms with van der Waals surface area (Å²) in [6.07, 6.45) is -0.185. The van der Waals surface area contributed by atoms with Gasteiger partial charge in [-0.25, -0.2) is 9.59 Å². The lowest BCUT2D eigenvalue weighted by Gasteiger charge is -2.41. The number of hydrogen-bond acceptors (Lipinski definition) is 14. The molecular weight excluding hydrogens is 1150 g/mol. The number of likely N-dealkylation sites (N-methyl/N-ethyl adjacent to an activating group) is 2. The molecule has 12 atom stereocenters. The second-order valence-electron chi connectivity index (χ2n) is 25.3. The van der Waals surface area contributed by atoms with Crippen LogP contribution in [0.25, 0.3) is 0 Å². The molecule has 1 aliphatic heterocycles. The monoisotopic (exact) mass is 1260 g/mol. The molecule has 506 valence electrons. The topological polar surface area (TPSA) is 302 Å². The van der Waals surface area contributed by atoms with Crippen LogP contribution in [-0.4, -0.2) is 164 Å². The Hall–Kier alpha value is -6.78. The number of carbonyl (C=O) groups excluding carboxylic acids is 10. The second-order valence-corrected chi connectivity index (χ2v) is 25.3. The van der Waals surface area contributed by atoms with Gasteiger partial charge in [-0.05, 0) is 85.0 Å². The first-order valence-corrected chi connectivity index (χ1v) is 31.8. The molecule has 2 aromatic carbocycles. The SMILES string of the molecule is C.CC[C@H](C)[C@@H]([C@@H](CC(=O)N1CCC[C@H]1[C@H](OC)[C@@H](C)C(=O)C[C@H](C)[C@@H](O)c1ccccc1)OC)N(C)C(=O)[C@@H](CC(=O)[C@H](C(C)C)N(C)C(=O)OCc1ccc(NC(=O)[C@H](CCCNC(N)=O)CC(=O)[C@@H](NC(=O)CCCC(=O)NC)C(C)C)cc1)C(C)C. The van der Waals surface area contributed by atoms with Crippen LogP contribution < -0.4 is 27.0 Å². The smallest absolute Gasteiger partial charge is 0.410 e. The van der Waals surface area contributed by atoms with Gasteiger partial charge in [0, 0.05) is 104 Å². The van der Waals surface area contributed by atoms with Crippen molar-refractivity contribution in [3.63, 3.8) is 0 Å². The number of carbonyl (C=O) groups is 10. The molecule has 2 aromatic rings. The number of methoxy groups -OCH3 is 2. The van der Waals surface area contributed by atoms with Crippen LogP contribution in [0.2, 0.25) is 0 Å². The Morgan fingerprint density at radius 2 is 1.37 bits per heavy atom. The predicted octanol–water partition coefficient (Wildman–Crippen LogP) is 8.42. The van der Waals surface area contributed by atoms with Gasteiger partial charge in [0.15, 0.2) is 11.6 Å². The zero-order valence-electron chi connectivity index (χ0n) is 55.6. The molecule has 7 N–H and O–H groups in total. The zero-order valence-corrected chi connectivity index (χ0v) is 55.6. The molecule has 1 fully saturated rings. The standard InChI is InChI=1S/C67H106N8O14.CH4/c1-16-43(8)61(55(87-14)38-58(81)75-34-22-26-51(75)63(88-15)45(10)52(76)35-44(9)62(82)47-23-18-17-19-24-47)73(12)65(84)50(40(2)3)37-54(78)60(42(6)7)74(13)67(86)89-39-46-29-31-49(32-30-46)71-64(83)48(25-21-33-70-66(68)85)36-53(77)59(41(4)5)72-57(80)28-20-27-56(79)69-11;/h17-19,23-24,29-32,40-45,48,50-51,55,59-63,82H,16,20-22,25-28,33-39H2,1-15H3,(H,69,79)(H,71,83)(H,72,80)(H3,68,70,85);1H4/t43-,44-,45-,48+,50-,51-,55+,59-,60-,61-,62+,63+;/m0./s1. The molecular formula is C68H110N8O14. The van der Waals surface area contributed by atoms with Crippen molar-refractivity contribution in [3.05, 3.63) is 65.7 Å². The number of likely N-dealkylation sites (tertiary alicyclic amines) is 1. The number of aliphatic hydroxyl groups is 1. The highest BCUT2D eigenvalue weighted by Gasteiger charge is 2.44. The van der Waals surface area contributed by atoms with E-state index in [0.717, 1.165) is 5.56 Å². The molecule has 90 heavy (non-hydrogen) atoms. The zero-order chi connectivity index (χ0) is 66.8. The first kappa shape index (κ1) is 79.3. The fourth-order valence-corrected chi connectivity index (χ4v) is 12.1. The average molecular weight is 1260 g/mol. The van der Waals surface area contributed by atoms with E-state index < -0.39 is 72.2 Å². The Labute approximate surface area is 535 Å². The number of ether oxygens (including phenoxy) is 3. The maximum atomic E-state index is 14.9. The highest BCUT2D eigenvalue weighted by molar-refractivity contribution is 5.97. The van der Waals surface area contributed by atoms with E-state index in [0.29, 0.717) is 49.9 Å². The lowest BCUT2D eigenvalue weighted by molar-refractivity contribution is -0.149. The Morgan fingerprint density at radius 3 is 1.92 bits per heavy atom. The van der Waals surface area contributed by atoms with E-state index in [4.69, 9.17) is 19.9 Å². The van der Waals surface area contributed by atoms with Gasteiger partial charge in [-0.1, -0.05) is 126 Å². The van der Waals surface area contributed by atoms with Crippen molar-refractivity contribution in [1.29, 1.82) is 0 Å². The molecule has 0 bridgehead atoms. The third kappa shape index (κ3) is 24.1. The van der Waals surface area contributed by atoms with Crippen LogP contribution in [0.3, 0.4) is 0 Å².